The Balaban J connectivity index is 2.53. The maximum atomic E-state index is 12.1. The second-order valence-electron chi connectivity index (χ2n) is 5.92. The van der Waals surface area contributed by atoms with Crippen molar-refractivity contribution in [2.45, 2.75) is 31.5 Å². The predicted octanol–water partition coefficient (Wildman–Crippen LogP) is -2.31. The highest BCUT2D eigenvalue weighted by Gasteiger charge is 2.51. The van der Waals surface area contributed by atoms with Crippen LogP contribution in [-0.4, -0.2) is 69.8 Å². The predicted molar refractivity (Wildman–Crippen MR) is 91.3 cm³/mol. The van der Waals surface area contributed by atoms with E-state index in [2.05, 4.69) is 0 Å². The molecule has 1 aromatic rings. The Morgan fingerprint density at radius 2 is 1.71 bits per heavy atom. The van der Waals surface area contributed by atoms with Crippen LogP contribution < -0.4 is 11.2 Å². The maximum Gasteiger partial charge on any atom is 0.330 e. The molecule has 13 nitrogen and oxygen atoms in total. The molecule has 0 saturated carbocycles. The van der Waals surface area contributed by atoms with Crippen LogP contribution in [0.4, 0.5) is 0 Å². The summed E-state index contributed by atoms with van der Waals surface area (Å²) in [4.78, 5) is 36.4. The number of rotatable bonds is 7. The molecule has 158 valence electrons. The zero-order valence-corrected chi connectivity index (χ0v) is 16.6. The Labute approximate surface area is 159 Å². The molecule has 15 heteroatoms. The summed E-state index contributed by atoms with van der Waals surface area (Å²) in [5.74, 6) is -0.716. The van der Waals surface area contributed by atoms with E-state index in [1.807, 2.05) is 4.98 Å². The smallest absolute Gasteiger partial charge is 0.330 e. The van der Waals surface area contributed by atoms with Gasteiger partial charge in [-0.3, -0.25) is 27.5 Å². The molecule has 2 heterocycles. The van der Waals surface area contributed by atoms with Gasteiger partial charge in [-0.05, 0) is 0 Å². The van der Waals surface area contributed by atoms with E-state index in [1.54, 1.807) is 0 Å². The minimum Gasteiger partial charge on any atom is -0.463 e. The zero-order chi connectivity index (χ0) is 21.3. The molecule has 1 fully saturated rings. The molecule has 2 rings (SSSR count). The number of esters is 1. The average Bonchev–Trinajstić information content (AvgIpc) is 2.80. The monoisotopic (exact) mass is 442 g/mol. The van der Waals surface area contributed by atoms with E-state index < -0.39 is 68.6 Å². The van der Waals surface area contributed by atoms with Crippen LogP contribution in [0.2, 0.25) is 0 Å². The lowest BCUT2D eigenvalue weighted by atomic mass is 10.1. The fraction of sp³-hybridized carbons (Fsp3) is 0.615. The number of carbonyl (C=O) groups is 1. The Morgan fingerprint density at radius 3 is 2.21 bits per heavy atom. The van der Waals surface area contributed by atoms with Gasteiger partial charge in [0.15, 0.2) is 12.3 Å². The van der Waals surface area contributed by atoms with Gasteiger partial charge in [0, 0.05) is 19.2 Å². The Bertz CT molecular complexity index is 1060. The van der Waals surface area contributed by atoms with Crippen molar-refractivity contribution >= 4 is 26.2 Å². The second-order valence-corrected chi connectivity index (χ2v) is 9.12. The first-order chi connectivity index (χ1) is 12.8. The van der Waals surface area contributed by atoms with Crippen LogP contribution in [0, 0.1) is 0 Å². The van der Waals surface area contributed by atoms with Gasteiger partial charge in [0.25, 0.3) is 25.8 Å². The van der Waals surface area contributed by atoms with E-state index in [1.165, 1.54) is 0 Å². The maximum absolute atomic E-state index is 12.1. The minimum absolute atomic E-state index is 0.506. The van der Waals surface area contributed by atoms with Crippen LogP contribution in [-0.2, 0) is 42.9 Å². The standard InChI is InChI=1S/C13H18N2O11S2/c1-7(16)23-6-8-10(25-27(2,19)20)11(26-28(3,21)22)12(24-8)15-5-4-9(17)14-13(15)18/h4-5,8,10-12H,6H2,1-3H3,(H,14,17,18)/t8-,10-,11-,12-/m1/s1. The summed E-state index contributed by atoms with van der Waals surface area (Å²) in [6.45, 7) is 0.587. The number of hydrogen-bond donors (Lipinski definition) is 1. The quantitative estimate of drug-likeness (QED) is 0.354. The van der Waals surface area contributed by atoms with Gasteiger partial charge in [-0.1, -0.05) is 0 Å². The molecule has 1 aliphatic rings. The van der Waals surface area contributed by atoms with Crippen molar-refractivity contribution in [3.63, 3.8) is 0 Å². The summed E-state index contributed by atoms with van der Waals surface area (Å²) in [5.41, 5.74) is -1.69. The van der Waals surface area contributed by atoms with Crippen LogP contribution in [0.5, 0.6) is 0 Å². The van der Waals surface area contributed by atoms with Crippen molar-refractivity contribution in [2.75, 3.05) is 19.1 Å². The molecule has 1 aromatic heterocycles. The molecule has 0 aliphatic carbocycles. The van der Waals surface area contributed by atoms with E-state index >= 15 is 0 Å². The van der Waals surface area contributed by atoms with Crippen molar-refractivity contribution < 1.29 is 39.5 Å². The molecule has 4 atom stereocenters. The van der Waals surface area contributed by atoms with Crippen LogP contribution in [0.25, 0.3) is 0 Å². The number of nitrogens with zero attached hydrogens (tertiary/aromatic N) is 1. The molecule has 0 spiro atoms. The topological polar surface area (TPSA) is 177 Å². The van der Waals surface area contributed by atoms with Gasteiger partial charge < -0.3 is 9.47 Å². The minimum atomic E-state index is -4.16. The Morgan fingerprint density at radius 1 is 1.14 bits per heavy atom. The molecule has 1 saturated heterocycles. The van der Waals surface area contributed by atoms with Crippen molar-refractivity contribution in [3.8, 4) is 0 Å². The number of H-pyrrole nitrogens is 1. The van der Waals surface area contributed by atoms with Gasteiger partial charge in [-0.25, -0.2) is 4.79 Å². The number of carbonyl (C=O) groups excluding carboxylic acids is 1. The number of hydrogen-bond acceptors (Lipinski definition) is 11. The van der Waals surface area contributed by atoms with Gasteiger partial charge in [0.05, 0.1) is 12.5 Å². The second kappa shape index (κ2) is 8.12. The van der Waals surface area contributed by atoms with Gasteiger partial charge in [0.2, 0.25) is 0 Å². The molecular formula is C13H18N2O11S2. The molecule has 0 amide bonds. The van der Waals surface area contributed by atoms with Crippen LogP contribution in [0.3, 0.4) is 0 Å². The largest absolute Gasteiger partial charge is 0.463 e. The number of ether oxygens (including phenoxy) is 2. The summed E-state index contributed by atoms with van der Waals surface area (Å²) in [7, 11) is -8.29. The van der Waals surface area contributed by atoms with Gasteiger partial charge >= 0.3 is 11.7 Å². The van der Waals surface area contributed by atoms with Crippen molar-refractivity contribution in [1.29, 1.82) is 0 Å². The van der Waals surface area contributed by atoms with Crippen LogP contribution in [0.1, 0.15) is 13.2 Å². The normalized spacial score (nSPS) is 25.5. The van der Waals surface area contributed by atoms with Gasteiger partial charge in [-0.2, -0.15) is 16.8 Å². The van der Waals surface area contributed by atoms with E-state index in [0.29, 0.717) is 12.5 Å². The molecule has 1 N–H and O–H groups in total. The molecule has 1 aliphatic heterocycles. The van der Waals surface area contributed by atoms with E-state index in [0.717, 1.165) is 23.8 Å². The highest BCUT2D eigenvalue weighted by Crippen LogP contribution is 2.34. The molecule has 0 unspecified atom stereocenters. The third-order valence-corrected chi connectivity index (χ3v) is 4.58. The lowest BCUT2D eigenvalue weighted by Gasteiger charge is -2.22. The summed E-state index contributed by atoms with van der Waals surface area (Å²) < 4.78 is 67.5. The first-order valence-electron chi connectivity index (χ1n) is 7.63. The highest BCUT2D eigenvalue weighted by molar-refractivity contribution is 7.86. The number of nitrogens with one attached hydrogen (secondary N) is 1. The average molecular weight is 442 g/mol. The SMILES string of the molecule is CC(=O)OC[C@H]1O[C@@H](n2ccc(=O)[nH]c2=O)[C@H](OS(C)(=O)=O)[C@@H]1OS(C)(=O)=O. The van der Waals surface area contributed by atoms with Crippen molar-refractivity contribution in [1.82, 2.24) is 9.55 Å². The highest BCUT2D eigenvalue weighted by atomic mass is 32.2. The summed E-state index contributed by atoms with van der Waals surface area (Å²) in [6.07, 6.45) is -3.60. The molecule has 0 radical (unpaired) electrons. The van der Waals surface area contributed by atoms with E-state index in [9.17, 15) is 31.2 Å². The molecular weight excluding hydrogens is 424 g/mol. The molecule has 0 bridgehead atoms. The Hall–Kier alpha value is -2.07. The number of aromatic nitrogens is 2. The first kappa shape index (κ1) is 22.2. The van der Waals surface area contributed by atoms with E-state index in [-0.39, 0.29) is 0 Å². The van der Waals surface area contributed by atoms with Crippen molar-refractivity contribution in [3.05, 3.63) is 33.1 Å². The van der Waals surface area contributed by atoms with Crippen molar-refractivity contribution in [2.24, 2.45) is 0 Å². The third kappa shape index (κ3) is 5.96. The summed E-state index contributed by atoms with van der Waals surface area (Å²) in [6, 6.07) is 0.966. The fourth-order valence-corrected chi connectivity index (χ4v) is 3.76. The first-order valence-corrected chi connectivity index (χ1v) is 11.3. The lowest BCUT2D eigenvalue weighted by molar-refractivity contribution is -0.147. The third-order valence-electron chi connectivity index (χ3n) is 3.43. The zero-order valence-electron chi connectivity index (χ0n) is 14.9. The molecule has 0 aromatic carbocycles. The summed E-state index contributed by atoms with van der Waals surface area (Å²) >= 11 is 0. The van der Waals surface area contributed by atoms with Gasteiger partial charge in [0.1, 0.15) is 18.8 Å². The lowest BCUT2D eigenvalue weighted by Crippen LogP contribution is -2.42. The van der Waals surface area contributed by atoms with Crippen LogP contribution in [0.15, 0.2) is 21.9 Å². The fourth-order valence-electron chi connectivity index (χ4n) is 2.52. The van der Waals surface area contributed by atoms with Gasteiger partial charge in [-0.15, -0.1) is 0 Å². The van der Waals surface area contributed by atoms with Crippen LogP contribution >= 0.6 is 0 Å². The van der Waals surface area contributed by atoms with E-state index in [4.69, 9.17) is 17.8 Å². The summed E-state index contributed by atoms with van der Waals surface area (Å²) in [5, 5.41) is 0. The molecule has 28 heavy (non-hydrogen) atoms. The Kier molecular flexibility index (Phi) is 6.44. The number of aromatic amines is 1.